The van der Waals surface area contributed by atoms with E-state index in [2.05, 4.69) is 15.9 Å². The van der Waals surface area contributed by atoms with E-state index in [-0.39, 0.29) is 5.78 Å². The minimum absolute atomic E-state index is 0.0603. The lowest BCUT2D eigenvalue weighted by molar-refractivity contribution is 0.104. The second-order valence-electron chi connectivity index (χ2n) is 4.61. The van der Waals surface area contributed by atoms with Gasteiger partial charge in [-0.25, -0.2) is 0 Å². The molecule has 0 amide bonds. The van der Waals surface area contributed by atoms with Gasteiger partial charge < -0.3 is 9.47 Å². The van der Waals surface area contributed by atoms with E-state index in [4.69, 9.17) is 9.47 Å². The van der Waals surface area contributed by atoms with Gasteiger partial charge in [0.05, 0.1) is 0 Å². The fourth-order valence-corrected chi connectivity index (χ4v) is 2.30. The van der Waals surface area contributed by atoms with Gasteiger partial charge in [0, 0.05) is 10.0 Å². The van der Waals surface area contributed by atoms with Gasteiger partial charge in [-0.2, -0.15) is 0 Å². The van der Waals surface area contributed by atoms with Gasteiger partial charge in [0.2, 0.25) is 0 Å². The van der Waals surface area contributed by atoms with Crippen LogP contribution in [0, 0.1) is 0 Å². The maximum Gasteiger partial charge on any atom is 0.185 e. The number of ketones is 1. The van der Waals surface area contributed by atoms with Crippen LogP contribution >= 0.6 is 15.9 Å². The van der Waals surface area contributed by atoms with Crippen LogP contribution in [0.1, 0.15) is 15.9 Å². The van der Waals surface area contributed by atoms with Gasteiger partial charge in [-0.3, -0.25) is 4.79 Å². The number of ether oxygens (including phenoxy) is 2. The number of fused-ring (bicyclic) bond motifs is 1. The SMILES string of the molecule is O=C(/C=C/c1ccc(Br)cc1)c1ccc2c(c1)OCCO2. The Morgan fingerprint density at radius 3 is 2.48 bits per heavy atom. The average Bonchev–Trinajstić information content (AvgIpc) is 2.53. The minimum atomic E-state index is -0.0603. The van der Waals surface area contributed by atoms with Crippen LogP contribution < -0.4 is 9.47 Å². The smallest absolute Gasteiger partial charge is 0.185 e. The van der Waals surface area contributed by atoms with E-state index in [9.17, 15) is 4.79 Å². The highest BCUT2D eigenvalue weighted by Gasteiger charge is 2.13. The molecule has 1 heterocycles. The number of carbonyl (C=O) groups is 1. The molecule has 0 fully saturated rings. The first-order valence-corrected chi connectivity index (χ1v) is 7.39. The molecular formula is C17H13BrO3. The van der Waals surface area contributed by atoms with Crippen LogP contribution in [-0.2, 0) is 0 Å². The number of hydrogen-bond acceptors (Lipinski definition) is 3. The zero-order valence-corrected chi connectivity index (χ0v) is 12.8. The molecule has 106 valence electrons. The average molecular weight is 345 g/mol. The molecule has 0 radical (unpaired) electrons. The van der Waals surface area contributed by atoms with Crippen LogP contribution in [0.3, 0.4) is 0 Å². The topological polar surface area (TPSA) is 35.5 Å². The van der Waals surface area contributed by atoms with Crippen molar-refractivity contribution >= 4 is 27.8 Å². The van der Waals surface area contributed by atoms with Crippen molar-refractivity contribution in [1.29, 1.82) is 0 Å². The third-order valence-electron chi connectivity index (χ3n) is 3.12. The zero-order chi connectivity index (χ0) is 14.7. The molecule has 0 aromatic heterocycles. The van der Waals surface area contributed by atoms with Crippen LogP contribution in [-0.4, -0.2) is 19.0 Å². The normalized spacial score (nSPS) is 13.4. The second-order valence-corrected chi connectivity index (χ2v) is 5.52. The van der Waals surface area contributed by atoms with E-state index < -0.39 is 0 Å². The third kappa shape index (κ3) is 3.34. The van der Waals surface area contributed by atoms with Gasteiger partial charge in [0.15, 0.2) is 17.3 Å². The van der Waals surface area contributed by atoms with Gasteiger partial charge >= 0.3 is 0 Å². The first kappa shape index (κ1) is 13.9. The monoisotopic (exact) mass is 344 g/mol. The molecule has 0 N–H and O–H groups in total. The Hall–Kier alpha value is -2.07. The summed E-state index contributed by atoms with van der Waals surface area (Å²) in [6.07, 6.45) is 3.36. The Kier molecular flexibility index (Phi) is 4.06. The van der Waals surface area contributed by atoms with Crippen LogP contribution in [0.5, 0.6) is 11.5 Å². The highest BCUT2D eigenvalue weighted by molar-refractivity contribution is 9.10. The minimum Gasteiger partial charge on any atom is -0.486 e. The summed E-state index contributed by atoms with van der Waals surface area (Å²) in [4.78, 5) is 12.2. The number of allylic oxidation sites excluding steroid dienone is 1. The largest absolute Gasteiger partial charge is 0.486 e. The van der Waals surface area contributed by atoms with Crippen molar-refractivity contribution in [2.24, 2.45) is 0 Å². The summed E-state index contributed by atoms with van der Waals surface area (Å²) in [5, 5.41) is 0. The van der Waals surface area contributed by atoms with Gasteiger partial charge in [-0.15, -0.1) is 0 Å². The summed E-state index contributed by atoms with van der Waals surface area (Å²) in [7, 11) is 0. The number of rotatable bonds is 3. The molecular weight excluding hydrogens is 332 g/mol. The molecule has 0 bridgehead atoms. The Morgan fingerprint density at radius 2 is 1.71 bits per heavy atom. The molecule has 4 heteroatoms. The van der Waals surface area contributed by atoms with Gasteiger partial charge in [0.1, 0.15) is 13.2 Å². The van der Waals surface area contributed by atoms with E-state index in [1.807, 2.05) is 24.3 Å². The molecule has 21 heavy (non-hydrogen) atoms. The van der Waals surface area contributed by atoms with Crippen LogP contribution in [0.4, 0.5) is 0 Å². The lowest BCUT2D eigenvalue weighted by Gasteiger charge is -2.18. The molecule has 0 unspecified atom stereocenters. The molecule has 3 nitrogen and oxygen atoms in total. The van der Waals surface area contributed by atoms with Crippen LogP contribution in [0.2, 0.25) is 0 Å². The van der Waals surface area contributed by atoms with Crippen molar-refractivity contribution in [3.63, 3.8) is 0 Å². The number of carbonyl (C=O) groups excluding carboxylic acids is 1. The van der Waals surface area contributed by atoms with Crippen molar-refractivity contribution in [1.82, 2.24) is 0 Å². The van der Waals surface area contributed by atoms with E-state index in [0.717, 1.165) is 10.0 Å². The summed E-state index contributed by atoms with van der Waals surface area (Å²) >= 11 is 3.38. The molecule has 0 saturated heterocycles. The summed E-state index contributed by atoms with van der Waals surface area (Å²) in [5.41, 5.74) is 1.57. The van der Waals surface area contributed by atoms with E-state index >= 15 is 0 Å². The van der Waals surface area contributed by atoms with Crippen molar-refractivity contribution in [3.8, 4) is 11.5 Å². The van der Waals surface area contributed by atoms with Gasteiger partial charge in [-0.05, 0) is 42.0 Å². The summed E-state index contributed by atoms with van der Waals surface area (Å²) in [5.74, 6) is 1.26. The summed E-state index contributed by atoms with van der Waals surface area (Å²) in [6, 6.07) is 13.0. The van der Waals surface area contributed by atoms with Crippen molar-refractivity contribution < 1.29 is 14.3 Å². The molecule has 0 atom stereocenters. The molecule has 0 aliphatic carbocycles. The van der Waals surface area contributed by atoms with Crippen molar-refractivity contribution in [3.05, 3.63) is 64.1 Å². The first-order chi connectivity index (χ1) is 10.2. The summed E-state index contributed by atoms with van der Waals surface area (Å²) < 4.78 is 11.9. The number of hydrogen-bond donors (Lipinski definition) is 0. The molecule has 0 spiro atoms. The lowest BCUT2D eigenvalue weighted by atomic mass is 10.1. The Labute approximate surface area is 131 Å². The zero-order valence-electron chi connectivity index (χ0n) is 11.2. The van der Waals surface area contributed by atoms with Crippen molar-refractivity contribution in [2.45, 2.75) is 0 Å². The summed E-state index contributed by atoms with van der Waals surface area (Å²) in [6.45, 7) is 1.06. The molecule has 1 aliphatic heterocycles. The first-order valence-electron chi connectivity index (χ1n) is 6.60. The highest BCUT2D eigenvalue weighted by Crippen LogP contribution is 2.30. The van der Waals surface area contributed by atoms with Crippen LogP contribution in [0.25, 0.3) is 6.08 Å². The molecule has 2 aromatic rings. The van der Waals surface area contributed by atoms with Crippen LogP contribution in [0.15, 0.2) is 53.0 Å². The van der Waals surface area contributed by atoms with Gasteiger partial charge in [-0.1, -0.05) is 34.1 Å². The van der Waals surface area contributed by atoms with E-state index in [0.29, 0.717) is 30.3 Å². The second kappa shape index (κ2) is 6.14. The molecule has 3 rings (SSSR count). The standard InChI is InChI=1S/C17H13BrO3/c18-14-5-1-12(2-6-14)3-7-15(19)13-4-8-16-17(11-13)21-10-9-20-16/h1-8,11H,9-10H2/b7-3+. The predicted octanol–water partition coefficient (Wildman–Crippen LogP) is 4.12. The van der Waals surface area contributed by atoms with Gasteiger partial charge in [0.25, 0.3) is 0 Å². The van der Waals surface area contributed by atoms with E-state index in [1.54, 1.807) is 30.4 Å². The fraction of sp³-hybridized carbons (Fsp3) is 0.118. The fourth-order valence-electron chi connectivity index (χ4n) is 2.04. The number of halogens is 1. The quantitative estimate of drug-likeness (QED) is 0.620. The maximum absolute atomic E-state index is 12.2. The third-order valence-corrected chi connectivity index (χ3v) is 3.65. The maximum atomic E-state index is 12.2. The Balaban J connectivity index is 1.77. The Morgan fingerprint density at radius 1 is 1.00 bits per heavy atom. The van der Waals surface area contributed by atoms with E-state index in [1.165, 1.54) is 0 Å². The highest BCUT2D eigenvalue weighted by atomic mass is 79.9. The Bertz CT molecular complexity index is 690. The lowest BCUT2D eigenvalue weighted by Crippen LogP contribution is -2.15. The molecule has 0 saturated carbocycles. The number of benzene rings is 2. The van der Waals surface area contributed by atoms with Crippen molar-refractivity contribution in [2.75, 3.05) is 13.2 Å². The predicted molar refractivity (Wildman–Crippen MR) is 84.9 cm³/mol. The molecule has 2 aromatic carbocycles. The molecule has 1 aliphatic rings.